The fraction of sp³-hybridized carbons (Fsp3) is 0.348. The first-order valence-electron chi connectivity index (χ1n) is 10.2. The summed E-state index contributed by atoms with van der Waals surface area (Å²) in [5, 5.41) is 0. The zero-order valence-electron chi connectivity index (χ0n) is 16.7. The molecular formula is C23H26N4O2. The molecule has 2 aromatic carbocycles. The lowest BCUT2D eigenvalue weighted by molar-refractivity contribution is -0.141. The Labute approximate surface area is 170 Å². The zero-order chi connectivity index (χ0) is 20.4. The Bertz CT molecular complexity index is 1060. The molecule has 3 aromatic rings. The number of aromatic nitrogens is 2. The first kappa shape index (κ1) is 19.2. The number of hydrogen-bond donors (Lipinski definition) is 1. The SMILES string of the molecule is CCCCc1nc2ccccc2n1CC(=O)N1Cc2ccccc2C[C@@H]1C(N)=O. The highest BCUT2D eigenvalue weighted by atomic mass is 16.2. The van der Waals surface area contributed by atoms with Gasteiger partial charge in [0.2, 0.25) is 11.8 Å². The molecule has 1 aliphatic rings. The maximum atomic E-state index is 13.3. The monoisotopic (exact) mass is 390 g/mol. The van der Waals surface area contributed by atoms with Crippen LogP contribution in [0.4, 0.5) is 0 Å². The molecule has 0 aliphatic carbocycles. The van der Waals surface area contributed by atoms with Gasteiger partial charge in [0, 0.05) is 19.4 Å². The number of benzene rings is 2. The van der Waals surface area contributed by atoms with Crippen LogP contribution in [0, 0.1) is 0 Å². The molecule has 4 rings (SSSR count). The average Bonchev–Trinajstić information content (AvgIpc) is 3.08. The van der Waals surface area contributed by atoms with Crippen LogP contribution >= 0.6 is 0 Å². The van der Waals surface area contributed by atoms with Gasteiger partial charge in [0.05, 0.1) is 11.0 Å². The van der Waals surface area contributed by atoms with Crippen LogP contribution in [0.2, 0.25) is 0 Å². The fourth-order valence-corrected chi connectivity index (χ4v) is 4.09. The summed E-state index contributed by atoms with van der Waals surface area (Å²) in [5.74, 6) is 0.341. The van der Waals surface area contributed by atoms with Gasteiger partial charge >= 0.3 is 0 Å². The van der Waals surface area contributed by atoms with E-state index >= 15 is 0 Å². The molecule has 0 spiro atoms. The van der Waals surface area contributed by atoms with Crippen LogP contribution < -0.4 is 5.73 Å². The van der Waals surface area contributed by atoms with Crippen LogP contribution in [0.5, 0.6) is 0 Å². The molecule has 0 unspecified atom stereocenters. The maximum absolute atomic E-state index is 13.3. The minimum Gasteiger partial charge on any atom is -0.368 e. The molecule has 6 heteroatoms. The molecule has 1 aromatic heterocycles. The number of aryl methyl sites for hydroxylation is 1. The Hall–Kier alpha value is -3.15. The third kappa shape index (κ3) is 3.75. The highest BCUT2D eigenvalue weighted by Gasteiger charge is 2.33. The van der Waals surface area contributed by atoms with E-state index in [1.54, 1.807) is 4.90 Å². The Morgan fingerprint density at radius 3 is 2.59 bits per heavy atom. The average molecular weight is 390 g/mol. The number of carbonyl (C=O) groups is 2. The second-order valence-corrected chi connectivity index (χ2v) is 7.62. The van der Waals surface area contributed by atoms with Crippen molar-refractivity contribution < 1.29 is 9.59 Å². The van der Waals surface area contributed by atoms with Gasteiger partial charge in [-0.15, -0.1) is 0 Å². The molecule has 2 N–H and O–H groups in total. The molecular weight excluding hydrogens is 364 g/mol. The van der Waals surface area contributed by atoms with Gasteiger partial charge in [-0.25, -0.2) is 4.98 Å². The second kappa shape index (κ2) is 8.07. The number of unbranched alkanes of at least 4 members (excludes halogenated alkanes) is 1. The van der Waals surface area contributed by atoms with Gasteiger partial charge in [0.1, 0.15) is 18.4 Å². The maximum Gasteiger partial charge on any atom is 0.243 e. The van der Waals surface area contributed by atoms with Crippen LogP contribution in [0.25, 0.3) is 11.0 Å². The lowest BCUT2D eigenvalue weighted by atomic mass is 9.93. The number of nitrogens with two attached hydrogens (primary N) is 1. The standard InChI is InChI=1S/C23H26N4O2/c1-2-3-12-21-25-18-10-6-7-11-19(18)26(21)15-22(28)27-14-17-9-5-4-8-16(17)13-20(27)23(24)29/h4-11,20H,2-3,12-15H2,1H3,(H2,24,29)/t20-/m1/s1. The van der Waals surface area contributed by atoms with E-state index in [1.807, 2.05) is 53.1 Å². The van der Waals surface area contributed by atoms with Crippen molar-refractivity contribution in [2.45, 2.75) is 51.7 Å². The van der Waals surface area contributed by atoms with Crippen LogP contribution in [0.15, 0.2) is 48.5 Å². The molecule has 1 aliphatic heterocycles. The number of para-hydroxylation sites is 2. The summed E-state index contributed by atoms with van der Waals surface area (Å²) < 4.78 is 1.99. The number of primary amides is 1. The fourth-order valence-electron chi connectivity index (χ4n) is 4.09. The minimum atomic E-state index is -0.619. The van der Waals surface area contributed by atoms with Crippen molar-refractivity contribution in [3.8, 4) is 0 Å². The van der Waals surface area contributed by atoms with Crippen molar-refractivity contribution in [3.63, 3.8) is 0 Å². The van der Waals surface area contributed by atoms with Crippen LogP contribution in [0.3, 0.4) is 0 Å². The molecule has 0 fully saturated rings. The lowest BCUT2D eigenvalue weighted by Crippen LogP contribution is -2.52. The van der Waals surface area contributed by atoms with Crippen LogP contribution in [-0.2, 0) is 35.5 Å². The Morgan fingerprint density at radius 2 is 1.83 bits per heavy atom. The summed E-state index contributed by atoms with van der Waals surface area (Å²) in [6.07, 6.45) is 3.35. The third-order valence-corrected chi connectivity index (χ3v) is 5.68. The molecule has 0 bridgehead atoms. The van der Waals surface area contributed by atoms with Crippen LogP contribution in [-0.4, -0.2) is 32.3 Å². The van der Waals surface area contributed by atoms with Crippen molar-refractivity contribution >= 4 is 22.8 Å². The number of hydrogen-bond acceptors (Lipinski definition) is 3. The molecule has 150 valence electrons. The first-order chi connectivity index (χ1) is 14.1. The van der Waals surface area contributed by atoms with Crippen molar-refractivity contribution in [1.29, 1.82) is 0 Å². The smallest absolute Gasteiger partial charge is 0.243 e. The molecule has 6 nitrogen and oxygen atoms in total. The number of amides is 2. The van der Waals surface area contributed by atoms with E-state index in [0.29, 0.717) is 13.0 Å². The van der Waals surface area contributed by atoms with Gasteiger partial charge in [0.25, 0.3) is 0 Å². The lowest BCUT2D eigenvalue weighted by Gasteiger charge is -2.35. The molecule has 0 saturated heterocycles. The number of fused-ring (bicyclic) bond motifs is 2. The van der Waals surface area contributed by atoms with E-state index in [0.717, 1.165) is 47.2 Å². The number of carbonyl (C=O) groups excluding carboxylic acids is 2. The van der Waals surface area contributed by atoms with E-state index in [-0.39, 0.29) is 12.5 Å². The van der Waals surface area contributed by atoms with Gasteiger partial charge in [-0.2, -0.15) is 0 Å². The van der Waals surface area contributed by atoms with E-state index in [9.17, 15) is 9.59 Å². The molecule has 2 heterocycles. The van der Waals surface area contributed by atoms with Gasteiger partial charge in [-0.3, -0.25) is 9.59 Å². The quantitative estimate of drug-likeness (QED) is 0.703. The van der Waals surface area contributed by atoms with E-state index in [2.05, 4.69) is 6.92 Å². The Kier molecular flexibility index (Phi) is 5.34. The summed E-state index contributed by atoms with van der Waals surface area (Å²) in [7, 11) is 0. The van der Waals surface area contributed by atoms with Gasteiger partial charge < -0.3 is 15.2 Å². The van der Waals surface area contributed by atoms with Gasteiger partial charge in [-0.05, 0) is 29.7 Å². The molecule has 2 amide bonds. The van der Waals surface area contributed by atoms with Crippen molar-refractivity contribution in [2.24, 2.45) is 5.73 Å². The predicted octanol–water partition coefficient (Wildman–Crippen LogP) is 2.82. The first-order valence-corrected chi connectivity index (χ1v) is 10.2. The van der Waals surface area contributed by atoms with E-state index in [4.69, 9.17) is 10.7 Å². The van der Waals surface area contributed by atoms with Crippen molar-refractivity contribution in [1.82, 2.24) is 14.5 Å². The third-order valence-electron chi connectivity index (χ3n) is 5.68. The van der Waals surface area contributed by atoms with Crippen molar-refractivity contribution in [2.75, 3.05) is 0 Å². The van der Waals surface area contributed by atoms with E-state index in [1.165, 1.54) is 0 Å². The van der Waals surface area contributed by atoms with Crippen LogP contribution in [0.1, 0.15) is 36.7 Å². The summed E-state index contributed by atoms with van der Waals surface area (Å²) in [5.41, 5.74) is 9.65. The highest BCUT2D eigenvalue weighted by Crippen LogP contribution is 2.25. The summed E-state index contributed by atoms with van der Waals surface area (Å²) in [6.45, 7) is 2.70. The predicted molar refractivity (Wildman–Crippen MR) is 112 cm³/mol. The van der Waals surface area contributed by atoms with Gasteiger partial charge in [-0.1, -0.05) is 49.7 Å². The highest BCUT2D eigenvalue weighted by molar-refractivity contribution is 5.88. The summed E-state index contributed by atoms with van der Waals surface area (Å²) >= 11 is 0. The summed E-state index contributed by atoms with van der Waals surface area (Å²) in [6, 6.07) is 15.2. The summed E-state index contributed by atoms with van der Waals surface area (Å²) in [4.78, 5) is 31.8. The zero-order valence-corrected chi connectivity index (χ0v) is 16.7. The molecule has 0 radical (unpaired) electrons. The van der Waals surface area contributed by atoms with E-state index < -0.39 is 11.9 Å². The molecule has 29 heavy (non-hydrogen) atoms. The van der Waals surface area contributed by atoms with Crippen molar-refractivity contribution in [3.05, 3.63) is 65.5 Å². The molecule has 1 atom stereocenters. The largest absolute Gasteiger partial charge is 0.368 e. The Morgan fingerprint density at radius 1 is 1.10 bits per heavy atom. The number of rotatable bonds is 6. The molecule has 0 saturated carbocycles. The Balaban J connectivity index is 1.65. The normalized spacial score (nSPS) is 16.0. The number of imidazole rings is 1. The minimum absolute atomic E-state index is 0.107. The topological polar surface area (TPSA) is 81.2 Å². The van der Waals surface area contributed by atoms with Gasteiger partial charge in [0.15, 0.2) is 0 Å². The number of nitrogens with zero attached hydrogens (tertiary/aromatic N) is 3. The second-order valence-electron chi connectivity index (χ2n) is 7.62.